The van der Waals surface area contributed by atoms with Gasteiger partial charge in [0.25, 0.3) is 5.91 Å². The number of hydrogen-bond acceptors (Lipinski definition) is 7. The molecule has 2 aliphatic heterocycles. The van der Waals surface area contributed by atoms with Crippen LogP contribution in [0, 0.1) is 0 Å². The summed E-state index contributed by atoms with van der Waals surface area (Å²) in [6.07, 6.45) is 0.961. The van der Waals surface area contributed by atoms with Gasteiger partial charge in [-0.2, -0.15) is 8.42 Å². The van der Waals surface area contributed by atoms with Crippen LogP contribution in [0.3, 0.4) is 0 Å². The van der Waals surface area contributed by atoms with E-state index in [1.165, 1.54) is 12.7 Å². The van der Waals surface area contributed by atoms with Gasteiger partial charge in [-0.05, 0) is 29.8 Å². The quantitative estimate of drug-likeness (QED) is 0.493. The summed E-state index contributed by atoms with van der Waals surface area (Å²) in [5.74, 6) is 0.00557. The second kappa shape index (κ2) is 9.46. The number of morpholine rings is 1. The lowest BCUT2D eigenvalue weighted by molar-refractivity contribution is 0.0342. The van der Waals surface area contributed by atoms with Crippen LogP contribution in [-0.4, -0.2) is 63.9 Å². The molecule has 0 unspecified atom stereocenters. The molecule has 2 aliphatic rings. The summed E-state index contributed by atoms with van der Waals surface area (Å²) < 4.78 is 39.6. The SMILES string of the molecule is COc1cc(-c2cc3cc(CN4CCOCC4)ccc3[nH]2)c2c(c1OS(C)(=O)=O)CNC2=O.Cl. The van der Waals surface area contributed by atoms with Crippen molar-refractivity contribution in [3.8, 4) is 22.8 Å². The Bertz CT molecular complexity index is 1350. The number of carbonyl (C=O) groups excluding carboxylic acids is 1. The van der Waals surface area contributed by atoms with Crippen molar-refractivity contribution in [3.63, 3.8) is 0 Å². The molecular formula is C23H26ClN3O6S. The van der Waals surface area contributed by atoms with E-state index in [9.17, 15) is 13.2 Å². The van der Waals surface area contributed by atoms with Crippen LogP contribution in [0.25, 0.3) is 22.2 Å². The van der Waals surface area contributed by atoms with E-state index < -0.39 is 10.1 Å². The number of H-pyrrole nitrogens is 1. The Morgan fingerprint density at radius 3 is 2.62 bits per heavy atom. The van der Waals surface area contributed by atoms with Gasteiger partial charge in [-0.1, -0.05) is 6.07 Å². The molecule has 1 amide bonds. The number of carbonyl (C=O) groups is 1. The van der Waals surface area contributed by atoms with E-state index in [2.05, 4.69) is 27.3 Å². The van der Waals surface area contributed by atoms with Crippen molar-refractivity contribution in [3.05, 3.63) is 47.0 Å². The predicted octanol–water partition coefficient (Wildman–Crippen LogP) is 2.68. The number of halogens is 1. The molecule has 11 heteroatoms. The van der Waals surface area contributed by atoms with Crippen molar-refractivity contribution in [2.45, 2.75) is 13.1 Å². The average Bonchev–Trinajstić information content (AvgIpc) is 3.37. The highest BCUT2D eigenvalue weighted by atomic mass is 35.5. The van der Waals surface area contributed by atoms with Gasteiger partial charge in [0.1, 0.15) is 0 Å². The molecule has 0 aliphatic carbocycles. The summed E-state index contributed by atoms with van der Waals surface area (Å²) in [6, 6.07) is 9.91. The number of nitrogens with one attached hydrogen (secondary N) is 2. The number of fused-ring (bicyclic) bond motifs is 2. The standard InChI is InChI=1S/C23H25N3O6S.ClH/c1-30-20-11-16(21-17(12-24-23(21)27)22(20)32-33(2,28)29)19-10-15-9-14(3-4-18(15)25-19)13-26-5-7-31-8-6-26;/h3-4,9-11,25H,5-8,12-13H2,1-2H3,(H,24,27);1H. The van der Waals surface area contributed by atoms with Gasteiger partial charge in [-0.25, -0.2) is 0 Å². The molecule has 3 heterocycles. The van der Waals surface area contributed by atoms with Gasteiger partial charge in [-0.15, -0.1) is 12.4 Å². The number of rotatable bonds is 6. The van der Waals surface area contributed by atoms with Crippen LogP contribution in [0.1, 0.15) is 21.5 Å². The van der Waals surface area contributed by atoms with Crippen molar-refractivity contribution in [1.29, 1.82) is 0 Å². The Kier molecular flexibility index (Phi) is 6.77. The van der Waals surface area contributed by atoms with E-state index in [1.807, 2.05) is 12.1 Å². The number of amides is 1. The molecule has 1 fully saturated rings. The number of aromatic amines is 1. The van der Waals surface area contributed by atoms with E-state index in [-0.39, 0.29) is 36.4 Å². The molecule has 0 spiro atoms. The number of ether oxygens (including phenoxy) is 2. The third kappa shape index (κ3) is 4.72. The summed E-state index contributed by atoms with van der Waals surface area (Å²) >= 11 is 0. The van der Waals surface area contributed by atoms with Crippen LogP contribution in [0.5, 0.6) is 11.5 Å². The molecular weight excluding hydrogens is 482 g/mol. The maximum Gasteiger partial charge on any atom is 0.306 e. The Balaban J connectivity index is 0.00000274. The van der Waals surface area contributed by atoms with E-state index >= 15 is 0 Å². The van der Waals surface area contributed by atoms with E-state index in [0.29, 0.717) is 16.7 Å². The van der Waals surface area contributed by atoms with Gasteiger partial charge < -0.3 is 24.0 Å². The van der Waals surface area contributed by atoms with Crippen molar-refractivity contribution >= 4 is 39.3 Å². The van der Waals surface area contributed by atoms with Gasteiger partial charge in [0, 0.05) is 53.9 Å². The molecule has 3 aromatic rings. The topological polar surface area (TPSA) is 110 Å². The Morgan fingerprint density at radius 1 is 1.15 bits per heavy atom. The van der Waals surface area contributed by atoms with Crippen LogP contribution in [0.2, 0.25) is 0 Å². The molecule has 0 radical (unpaired) electrons. The molecule has 1 saturated heterocycles. The predicted molar refractivity (Wildman–Crippen MR) is 130 cm³/mol. The third-order valence-corrected chi connectivity index (χ3v) is 6.41. The number of methoxy groups -OCH3 is 1. The molecule has 0 bridgehead atoms. The normalized spacial score (nSPS) is 16.1. The van der Waals surface area contributed by atoms with Crippen molar-refractivity contribution < 1.29 is 26.9 Å². The zero-order chi connectivity index (χ0) is 23.2. The lowest BCUT2D eigenvalue weighted by Gasteiger charge is -2.26. The Labute approximate surface area is 203 Å². The second-order valence-corrected chi connectivity index (χ2v) is 9.85. The maximum absolute atomic E-state index is 12.7. The first-order chi connectivity index (χ1) is 15.8. The molecule has 34 heavy (non-hydrogen) atoms. The minimum Gasteiger partial charge on any atom is -0.493 e. The number of aromatic nitrogens is 1. The maximum atomic E-state index is 12.7. The molecule has 1 aromatic heterocycles. The van der Waals surface area contributed by atoms with E-state index in [1.54, 1.807) is 6.07 Å². The summed E-state index contributed by atoms with van der Waals surface area (Å²) in [5.41, 5.74) is 4.36. The van der Waals surface area contributed by atoms with Crippen LogP contribution in [0.4, 0.5) is 0 Å². The van der Waals surface area contributed by atoms with Crippen LogP contribution in [-0.2, 0) is 27.9 Å². The molecule has 0 saturated carbocycles. The first-order valence-corrected chi connectivity index (χ1v) is 12.5. The first-order valence-electron chi connectivity index (χ1n) is 10.7. The molecule has 9 nitrogen and oxygen atoms in total. The van der Waals surface area contributed by atoms with Crippen molar-refractivity contribution in [2.24, 2.45) is 0 Å². The fourth-order valence-corrected chi connectivity index (χ4v) is 4.91. The zero-order valence-corrected chi connectivity index (χ0v) is 20.5. The minimum atomic E-state index is -3.80. The van der Waals surface area contributed by atoms with Crippen molar-refractivity contribution in [1.82, 2.24) is 15.2 Å². The summed E-state index contributed by atoms with van der Waals surface area (Å²) in [4.78, 5) is 18.4. The number of nitrogens with zero attached hydrogens (tertiary/aromatic N) is 1. The smallest absolute Gasteiger partial charge is 0.306 e. The minimum absolute atomic E-state index is 0. The van der Waals surface area contributed by atoms with Crippen LogP contribution >= 0.6 is 12.4 Å². The van der Waals surface area contributed by atoms with Crippen LogP contribution in [0.15, 0.2) is 30.3 Å². The largest absolute Gasteiger partial charge is 0.493 e. The highest BCUT2D eigenvalue weighted by Crippen LogP contribution is 2.43. The highest BCUT2D eigenvalue weighted by Gasteiger charge is 2.32. The number of hydrogen-bond donors (Lipinski definition) is 2. The van der Waals surface area contributed by atoms with Gasteiger partial charge in [-0.3, -0.25) is 9.69 Å². The molecule has 5 rings (SSSR count). The Hall–Kier alpha value is -2.79. The molecule has 2 N–H and O–H groups in total. The second-order valence-electron chi connectivity index (χ2n) is 8.27. The Morgan fingerprint density at radius 2 is 1.91 bits per heavy atom. The summed E-state index contributed by atoms with van der Waals surface area (Å²) in [7, 11) is -2.36. The lowest BCUT2D eigenvalue weighted by atomic mass is 9.98. The van der Waals surface area contributed by atoms with E-state index in [4.69, 9.17) is 13.7 Å². The molecule has 182 valence electrons. The average molecular weight is 508 g/mol. The fourth-order valence-electron chi connectivity index (χ4n) is 4.43. The van der Waals surface area contributed by atoms with Gasteiger partial charge >= 0.3 is 10.1 Å². The van der Waals surface area contributed by atoms with Crippen LogP contribution < -0.4 is 14.2 Å². The number of benzene rings is 2. The first kappa shape index (κ1) is 24.3. The fraction of sp³-hybridized carbons (Fsp3) is 0.348. The monoisotopic (exact) mass is 507 g/mol. The zero-order valence-electron chi connectivity index (χ0n) is 18.8. The van der Waals surface area contributed by atoms with Gasteiger partial charge in [0.05, 0.1) is 32.1 Å². The summed E-state index contributed by atoms with van der Waals surface area (Å²) in [6.45, 7) is 4.35. The molecule has 0 atom stereocenters. The lowest BCUT2D eigenvalue weighted by Crippen LogP contribution is -2.35. The highest BCUT2D eigenvalue weighted by molar-refractivity contribution is 7.86. The van der Waals surface area contributed by atoms with Gasteiger partial charge in [0.2, 0.25) is 0 Å². The summed E-state index contributed by atoms with van der Waals surface area (Å²) in [5, 5.41) is 3.79. The van der Waals surface area contributed by atoms with Gasteiger partial charge in [0.15, 0.2) is 11.5 Å². The molecule has 2 aromatic carbocycles. The van der Waals surface area contributed by atoms with E-state index in [0.717, 1.165) is 55.7 Å². The third-order valence-electron chi connectivity index (χ3n) is 5.94. The van der Waals surface area contributed by atoms with Crippen molar-refractivity contribution in [2.75, 3.05) is 39.7 Å².